The second-order valence-electron chi connectivity index (χ2n) is 6.45. The molecule has 1 aromatic rings. The molecule has 2 aliphatic heterocycles. The summed E-state index contributed by atoms with van der Waals surface area (Å²) in [5.74, 6) is -0.0837. The number of rotatable bonds is 3. The van der Waals surface area contributed by atoms with Gasteiger partial charge in [0.05, 0.1) is 17.0 Å². The van der Waals surface area contributed by atoms with Crippen molar-refractivity contribution in [3.05, 3.63) is 29.8 Å². The van der Waals surface area contributed by atoms with Crippen LogP contribution in [0.1, 0.15) is 18.4 Å². The lowest BCUT2D eigenvalue weighted by Crippen LogP contribution is -2.57. The van der Waals surface area contributed by atoms with Crippen LogP contribution >= 0.6 is 0 Å². The first kappa shape index (κ1) is 19.1. The number of piperidine rings is 1. The molecule has 0 aliphatic carbocycles. The molecule has 0 radical (unpaired) electrons. The number of sulfonamides is 1. The summed E-state index contributed by atoms with van der Waals surface area (Å²) in [5.41, 5.74) is -0.996. The van der Waals surface area contributed by atoms with Gasteiger partial charge in [0.1, 0.15) is 0 Å². The van der Waals surface area contributed by atoms with Crippen molar-refractivity contribution in [2.45, 2.75) is 30.0 Å². The number of nitrogens with zero attached hydrogens (tertiary/aromatic N) is 2. The van der Waals surface area contributed by atoms with Gasteiger partial charge >= 0.3 is 6.18 Å². The first-order valence-corrected chi connectivity index (χ1v) is 9.81. The van der Waals surface area contributed by atoms with E-state index < -0.39 is 21.8 Å². The molecule has 2 saturated heterocycles. The Morgan fingerprint density at radius 1 is 1.19 bits per heavy atom. The number of carbonyl (C=O) groups is 1. The maximum Gasteiger partial charge on any atom is 0.416 e. The SMILES string of the molecule is O=C1CNCCN1C1CCCN(S(=O)(=O)c2cccc(C(F)(F)F)c2)C1. The Kier molecular flexibility index (Phi) is 5.27. The molecule has 1 aromatic carbocycles. The zero-order valence-electron chi connectivity index (χ0n) is 14.0. The number of hydrogen-bond donors (Lipinski definition) is 1. The fraction of sp³-hybridized carbons (Fsp3) is 0.562. The van der Waals surface area contributed by atoms with E-state index in [9.17, 15) is 26.4 Å². The first-order valence-electron chi connectivity index (χ1n) is 8.37. The maximum absolute atomic E-state index is 12.9. The molecule has 1 N–H and O–H groups in total. The Morgan fingerprint density at radius 2 is 1.96 bits per heavy atom. The summed E-state index contributed by atoms with van der Waals surface area (Å²) in [6.45, 7) is 1.69. The summed E-state index contributed by atoms with van der Waals surface area (Å²) in [6.07, 6.45) is -3.37. The molecule has 2 aliphatic rings. The number of carbonyl (C=O) groups excluding carboxylic acids is 1. The summed E-state index contributed by atoms with van der Waals surface area (Å²) in [4.78, 5) is 13.3. The largest absolute Gasteiger partial charge is 0.416 e. The van der Waals surface area contributed by atoms with E-state index in [0.717, 1.165) is 12.1 Å². The van der Waals surface area contributed by atoms with E-state index in [-0.39, 0.29) is 36.5 Å². The molecule has 2 fully saturated rings. The van der Waals surface area contributed by atoms with Gasteiger partial charge in [-0.15, -0.1) is 0 Å². The van der Waals surface area contributed by atoms with Crippen molar-refractivity contribution in [1.29, 1.82) is 0 Å². The fourth-order valence-corrected chi connectivity index (χ4v) is 4.95. The molecular formula is C16H20F3N3O3S. The van der Waals surface area contributed by atoms with Crippen LogP contribution in [0.25, 0.3) is 0 Å². The van der Waals surface area contributed by atoms with Crippen molar-refractivity contribution in [1.82, 2.24) is 14.5 Å². The molecule has 144 valence electrons. The minimum atomic E-state index is -4.61. The lowest BCUT2D eigenvalue weighted by atomic mass is 10.1. The zero-order chi connectivity index (χ0) is 18.9. The summed E-state index contributed by atoms with van der Waals surface area (Å²) in [6, 6.07) is 3.52. The van der Waals surface area contributed by atoms with E-state index in [2.05, 4.69) is 5.32 Å². The predicted octanol–water partition coefficient (Wildman–Crippen LogP) is 1.29. The third-order valence-corrected chi connectivity index (χ3v) is 6.59. The molecule has 6 nitrogen and oxygen atoms in total. The highest BCUT2D eigenvalue weighted by molar-refractivity contribution is 7.89. The van der Waals surface area contributed by atoms with Gasteiger partial charge in [-0.2, -0.15) is 17.5 Å². The van der Waals surface area contributed by atoms with Crippen molar-refractivity contribution in [3.63, 3.8) is 0 Å². The second kappa shape index (κ2) is 7.16. The molecule has 0 saturated carbocycles. The number of halogens is 3. The van der Waals surface area contributed by atoms with Gasteiger partial charge in [-0.3, -0.25) is 4.79 Å². The van der Waals surface area contributed by atoms with Crippen LogP contribution in [-0.2, 0) is 21.0 Å². The van der Waals surface area contributed by atoms with Gasteiger partial charge in [-0.25, -0.2) is 8.42 Å². The Bertz CT molecular complexity index is 782. The fourth-order valence-electron chi connectivity index (χ4n) is 3.38. The Labute approximate surface area is 150 Å². The monoisotopic (exact) mass is 391 g/mol. The van der Waals surface area contributed by atoms with E-state index >= 15 is 0 Å². The molecule has 0 spiro atoms. The van der Waals surface area contributed by atoms with Gasteiger partial charge in [0.15, 0.2) is 0 Å². The van der Waals surface area contributed by atoms with Crippen LogP contribution in [0.15, 0.2) is 29.2 Å². The Morgan fingerprint density at radius 3 is 2.65 bits per heavy atom. The molecular weight excluding hydrogens is 371 g/mol. The highest BCUT2D eigenvalue weighted by Crippen LogP contribution is 2.32. The minimum absolute atomic E-state index is 0.0837. The van der Waals surface area contributed by atoms with Gasteiger partial charge in [-0.1, -0.05) is 6.07 Å². The van der Waals surface area contributed by atoms with E-state index in [1.165, 1.54) is 10.4 Å². The highest BCUT2D eigenvalue weighted by atomic mass is 32.2. The van der Waals surface area contributed by atoms with Crippen molar-refractivity contribution < 1.29 is 26.4 Å². The van der Waals surface area contributed by atoms with Crippen LogP contribution in [0.5, 0.6) is 0 Å². The van der Waals surface area contributed by atoms with E-state index in [0.29, 0.717) is 32.0 Å². The van der Waals surface area contributed by atoms with Crippen LogP contribution in [0.3, 0.4) is 0 Å². The number of hydrogen-bond acceptors (Lipinski definition) is 4. The quantitative estimate of drug-likeness (QED) is 0.843. The molecule has 1 amide bonds. The normalized spacial score (nSPS) is 23.3. The van der Waals surface area contributed by atoms with Crippen LogP contribution in [0.4, 0.5) is 13.2 Å². The second-order valence-corrected chi connectivity index (χ2v) is 8.39. The van der Waals surface area contributed by atoms with Crippen LogP contribution in [0.2, 0.25) is 0 Å². The molecule has 1 unspecified atom stereocenters. The molecule has 2 heterocycles. The van der Waals surface area contributed by atoms with Crippen molar-refractivity contribution >= 4 is 15.9 Å². The van der Waals surface area contributed by atoms with Gasteiger partial charge in [0.2, 0.25) is 15.9 Å². The standard InChI is InChI=1S/C16H20F3N3O3S/c17-16(18,19)12-3-1-5-14(9-12)26(24,25)21-7-2-4-13(11-21)22-8-6-20-10-15(22)23/h1,3,5,9,13,20H,2,4,6-8,10-11H2. The van der Waals surface area contributed by atoms with E-state index in [1.54, 1.807) is 4.90 Å². The number of piperazine rings is 1. The number of amides is 1. The predicted molar refractivity (Wildman–Crippen MR) is 87.8 cm³/mol. The smallest absolute Gasteiger partial charge is 0.336 e. The highest BCUT2D eigenvalue weighted by Gasteiger charge is 2.37. The molecule has 3 rings (SSSR count). The van der Waals surface area contributed by atoms with Gasteiger partial charge in [0.25, 0.3) is 0 Å². The average Bonchev–Trinajstić information content (AvgIpc) is 2.61. The Hall–Kier alpha value is -1.65. The average molecular weight is 391 g/mol. The lowest BCUT2D eigenvalue weighted by molar-refractivity contribution is -0.138. The number of alkyl halides is 3. The van der Waals surface area contributed by atoms with Crippen LogP contribution in [-0.4, -0.2) is 62.3 Å². The first-order chi connectivity index (χ1) is 12.2. The summed E-state index contributed by atoms with van der Waals surface area (Å²) >= 11 is 0. The number of benzene rings is 1. The molecule has 0 aromatic heterocycles. The topological polar surface area (TPSA) is 69.7 Å². The summed E-state index contributed by atoms with van der Waals surface area (Å²) in [5, 5.41) is 2.96. The molecule has 0 bridgehead atoms. The van der Waals surface area contributed by atoms with E-state index in [4.69, 9.17) is 0 Å². The van der Waals surface area contributed by atoms with Gasteiger partial charge in [0, 0.05) is 32.2 Å². The van der Waals surface area contributed by atoms with E-state index in [1.807, 2.05) is 0 Å². The molecule has 1 atom stereocenters. The molecule has 26 heavy (non-hydrogen) atoms. The summed E-state index contributed by atoms with van der Waals surface area (Å²) in [7, 11) is -4.05. The Balaban J connectivity index is 1.82. The van der Waals surface area contributed by atoms with Crippen molar-refractivity contribution in [3.8, 4) is 0 Å². The van der Waals surface area contributed by atoms with Crippen LogP contribution in [0, 0.1) is 0 Å². The lowest BCUT2D eigenvalue weighted by Gasteiger charge is -2.40. The van der Waals surface area contributed by atoms with Gasteiger partial charge in [-0.05, 0) is 31.0 Å². The molecule has 10 heteroatoms. The third kappa shape index (κ3) is 3.86. The van der Waals surface area contributed by atoms with Crippen molar-refractivity contribution in [2.75, 3.05) is 32.7 Å². The summed E-state index contributed by atoms with van der Waals surface area (Å²) < 4.78 is 65.5. The minimum Gasteiger partial charge on any atom is -0.336 e. The third-order valence-electron chi connectivity index (χ3n) is 4.73. The van der Waals surface area contributed by atoms with Gasteiger partial charge < -0.3 is 10.2 Å². The zero-order valence-corrected chi connectivity index (χ0v) is 14.8. The maximum atomic E-state index is 12.9. The van der Waals surface area contributed by atoms with Crippen molar-refractivity contribution in [2.24, 2.45) is 0 Å². The number of nitrogens with one attached hydrogen (secondary N) is 1. The van der Waals surface area contributed by atoms with Crippen LogP contribution < -0.4 is 5.32 Å².